The molecule has 0 saturated carbocycles. The summed E-state index contributed by atoms with van der Waals surface area (Å²) < 4.78 is 31.8. The molecule has 10 heteroatoms. The molecule has 1 aliphatic heterocycles. The van der Waals surface area contributed by atoms with Gasteiger partial charge in [-0.05, 0) is 43.3 Å². The van der Waals surface area contributed by atoms with E-state index in [1.165, 1.54) is 22.6 Å². The predicted octanol–water partition coefficient (Wildman–Crippen LogP) is 2.22. The van der Waals surface area contributed by atoms with Crippen molar-refractivity contribution in [3.63, 3.8) is 0 Å². The Morgan fingerprint density at radius 3 is 2.27 bits per heavy atom. The summed E-state index contributed by atoms with van der Waals surface area (Å²) in [5, 5.41) is 12.1. The first-order valence-corrected chi connectivity index (χ1v) is 11.8. The Hall–Kier alpha value is -3.68. The summed E-state index contributed by atoms with van der Waals surface area (Å²) in [7, 11) is -3.58. The molecule has 1 N–H and O–H groups in total. The van der Waals surface area contributed by atoms with Crippen LogP contribution in [0.1, 0.15) is 17.3 Å². The van der Waals surface area contributed by atoms with Crippen LogP contribution in [0.5, 0.6) is 0 Å². The highest BCUT2D eigenvalue weighted by atomic mass is 32.2. The Bertz CT molecular complexity index is 1160. The molecule has 33 heavy (non-hydrogen) atoms. The first-order chi connectivity index (χ1) is 15.8. The summed E-state index contributed by atoms with van der Waals surface area (Å²) in [6, 6.07) is 16.2. The van der Waals surface area contributed by atoms with E-state index in [4.69, 9.17) is 4.74 Å². The minimum Gasteiger partial charge on any atom is -0.462 e. The third-order valence-corrected chi connectivity index (χ3v) is 6.90. The minimum atomic E-state index is -3.58. The molecule has 2 aromatic carbocycles. The lowest BCUT2D eigenvalue weighted by Crippen LogP contribution is -2.46. The average Bonchev–Trinajstić information content (AvgIpc) is 2.84. The fraction of sp³-hybridized carbons (Fsp3) is 0.261. The van der Waals surface area contributed by atoms with Crippen LogP contribution in [0.3, 0.4) is 0 Å². The van der Waals surface area contributed by atoms with Gasteiger partial charge < -0.3 is 15.0 Å². The number of nitrogens with zero attached hydrogens (tertiary/aromatic N) is 3. The van der Waals surface area contributed by atoms with Gasteiger partial charge in [0.2, 0.25) is 10.0 Å². The molecule has 0 radical (unpaired) electrons. The number of hydrogen-bond acceptors (Lipinski definition) is 7. The molecule has 1 amide bonds. The van der Waals surface area contributed by atoms with Gasteiger partial charge in [0.1, 0.15) is 11.6 Å². The molecule has 9 nitrogen and oxygen atoms in total. The molecule has 1 fully saturated rings. The molecule has 1 aliphatic rings. The number of benzene rings is 2. The predicted molar refractivity (Wildman–Crippen MR) is 121 cm³/mol. The topological polar surface area (TPSA) is 120 Å². The molecule has 2 aromatic rings. The lowest BCUT2D eigenvalue weighted by Gasteiger charge is -2.33. The van der Waals surface area contributed by atoms with Crippen LogP contribution >= 0.6 is 0 Å². The van der Waals surface area contributed by atoms with Gasteiger partial charge in [-0.25, -0.2) is 13.2 Å². The van der Waals surface area contributed by atoms with Gasteiger partial charge in [-0.1, -0.05) is 18.2 Å². The minimum absolute atomic E-state index is 0.108. The van der Waals surface area contributed by atoms with Crippen LogP contribution in [0.2, 0.25) is 0 Å². The lowest BCUT2D eigenvalue weighted by atomic mass is 10.2. The summed E-state index contributed by atoms with van der Waals surface area (Å²) in [5.41, 5.74) is 0.672. The second-order valence-corrected chi connectivity index (χ2v) is 9.10. The van der Waals surface area contributed by atoms with Gasteiger partial charge in [-0.3, -0.25) is 4.79 Å². The zero-order chi connectivity index (χ0) is 23.8. The standard InChI is InChI=1S/C23H24N4O5S/c1-2-32-23(29)18-8-10-20(11-9-18)25-22(28)19(16-24)17-26-12-14-27(15-13-26)33(30,31)21-6-4-3-5-7-21/h3-11,17H,2,12-15H2,1H3,(H,25,28)/b19-17-. The van der Waals surface area contributed by atoms with Crippen LogP contribution < -0.4 is 5.32 Å². The molecule has 172 valence electrons. The van der Waals surface area contributed by atoms with Crippen molar-refractivity contribution in [2.75, 3.05) is 38.1 Å². The number of carbonyl (C=O) groups is 2. The van der Waals surface area contributed by atoms with E-state index in [1.807, 2.05) is 6.07 Å². The third kappa shape index (κ3) is 5.97. The monoisotopic (exact) mass is 468 g/mol. The zero-order valence-electron chi connectivity index (χ0n) is 18.1. The third-order valence-electron chi connectivity index (χ3n) is 4.98. The highest BCUT2D eigenvalue weighted by Crippen LogP contribution is 2.18. The largest absolute Gasteiger partial charge is 0.462 e. The molecular weight excluding hydrogens is 444 g/mol. The number of carbonyl (C=O) groups excluding carboxylic acids is 2. The molecule has 1 heterocycles. The van der Waals surface area contributed by atoms with Crippen LogP contribution in [0.4, 0.5) is 5.69 Å². The Morgan fingerprint density at radius 1 is 1.06 bits per heavy atom. The van der Waals surface area contributed by atoms with Gasteiger partial charge in [0, 0.05) is 38.1 Å². The van der Waals surface area contributed by atoms with E-state index in [9.17, 15) is 23.3 Å². The van der Waals surface area contributed by atoms with Crippen LogP contribution in [0.25, 0.3) is 0 Å². The normalized spacial score (nSPS) is 14.9. The fourth-order valence-corrected chi connectivity index (χ4v) is 4.68. The summed E-state index contributed by atoms with van der Waals surface area (Å²) in [6.07, 6.45) is 1.44. The number of nitriles is 1. The second kappa shape index (κ2) is 10.8. The number of piperazine rings is 1. The van der Waals surface area contributed by atoms with Gasteiger partial charge >= 0.3 is 5.97 Å². The molecule has 0 bridgehead atoms. The maximum atomic E-state index is 12.7. The maximum Gasteiger partial charge on any atom is 0.338 e. The van der Waals surface area contributed by atoms with E-state index >= 15 is 0 Å². The van der Waals surface area contributed by atoms with E-state index < -0.39 is 21.9 Å². The molecule has 3 rings (SSSR count). The summed E-state index contributed by atoms with van der Waals surface area (Å²) in [4.78, 5) is 26.2. The van der Waals surface area contributed by atoms with E-state index in [0.717, 1.165) is 0 Å². The Kier molecular flexibility index (Phi) is 7.82. The maximum absolute atomic E-state index is 12.7. The van der Waals surface area contributed by atoms with Crippen molar-refractivity contribution in [1.29, 1.82) is 5.26 Å². The number of esters is 1. The van der Waals surface area contributed by atoms with Crippen molar-refractivity contribution in [1.82, 2.24) is 9.21 Å². The molecule has 0 atom stereocenters. The summed E-state index contributed by atoms with van der Waals surface area (Å²) >= 11 is 0. The number of hydrogen-bond donors (Lipinski definition) is 1. The first-order valence-electron chi connectivity index (χ1n) is 10.3. The Labute approximate surface area is 192 Å². The van der Waals surface area contributed by atoms with Crippen LogP contribution in [-0.2, 0) is 19.6 Å². The SMILES string of the molecule is CCOC(=O)c1ccc(NC(=O)/C(C#N)=C\N2CCN(S(=O)(=O)c3ccccc3)CC2)cc1. The van der Waals surface area contributed by atoms with Crippen LogP contribution in [0.15, 0.2) is 71.3 Å². The van der Waals surface area contributed by atoms with Crippen LogP contribution in [0, 0.1) is 11.3 Å². The van der Waals surface area contributed by atoms with Gasteiger partial charge in [-0.2, -0.15) is 9.57 Å². The summed E-state index contributed by atoms with van der Waals surface area (Å²) in [6.45, 7) is 3.15. The first kappa shape index (κ1) is 24.0. The van der Waals surface area contributed by atoms with Crippen molar-refractivity contribution in [3.05, 3.63) is 71.9 Å². The fourth-order valence-electron chi connectivity index (χ4n) is 3.24. The lowest BCUT2D eigenvalue weighted by molar-refractivity contribution is -0.112. The molecule has 0 spiro atoms. The van der Waals surface area contributed by atoms with E-state index in [2.05, 4.69) is 5.32 Å². The zero-order valence-corrected chi connectivity index (χ0v) is 18.9. The van der Waals surface area contributed by atoms with Crippen LogP contribution in [-0.4, -0.2) is 62.3 Å². The molecule has 0 unspecified atom stereocenters. The van der Waals surface area contributed by atoms with Crippen molar-refractivity contribution >= 4 is 27.6 Å². The number of amides is 1. The van der Waals surface area contributed by atoms with Crippen molar-refractivity contribution in [2.45, 2.75) is 11.8 Å². The van der Waals surface area contributed by atoms with E-state index in [-0.39, 0.29) is 30.2 Å². The number of nitrogens with one attached hydrogen (secondary N) is 1. The van der Waals surface area contributed by atoms with Crippen molar-refractivity contribution in [3.8, 4) is 6.07 Å². The van der Waals surface area contributed by atoms with E-state index in [1.54, 1.807) is 54.3 Å². The molecule has 0 aromatic heterocycles. The van der Waals surface area contributed by atoms with Gasteiger partial charge in [-0.15, -0.1) is 0 Å². The van der Waals surface area contributed by atoms with Gasteiger partial charge in [0.05, 0.1) is 17.1 Å². The van der Waals surface area contributed by atoms with Gasteiger partial charge in [0.25, 0.3) is 5.91 Å². The molecule has 0 aliphatic carbocycles. The highest BCUT2D eigenvalue weighted by molar-refractivity contribution is 7.89. The van der Waals surface area contributed by atoms with E-state index in [0.29, 0.717) is 24.3 Å². The smallest absolute Gasteiger partial charge is 0.338 e. The van der Waals surface area contributed by atoms with Gasteiger partial charge in [0.15, 0.2) is 0 Å². The number of anilines is 1. The number of rotatable bonds is 7. The summed E-state index contributed by atoms with van der Waals surface area (Å²) in [5.74, 6) is -1.05. The Balaban J connectivity index is 1.60. The van der Waals surface area contributed by atoms with Crippen molar-refractivity contribution in [2.24, 2.45) is 0 Å². The number of ether oxygens (including phenoxy) is 1. The average molecular weight is 469 g/mol. The molecular formula is C23H24N4O5S. The molecule has 1 saturated heterocycles. The quantitative estimate of drug-likeness (QED) is 0.376. The Morgan fingerprint density at radius 2 is 1.70 bits per heavy atom. The highest BCUT2D eigenvalue weighted by Gasteiger charge is 2.28. The second-order valence-electron chi connectivity index (χ2n) is 7.16. The van der Waals surface area contributed by atoms with Crippen molar-refractivity contribution < 1.29 is 22.7 Å². The number of sulfonamides is 1.